The highest BCUT2D eigenvalue weighted by atomic mass is 127. The van der Waals surface area contributed by atoms with Crippen LogP contribution in [0.4, 0.5) is 5.69 Å². The summed E-state index contributed by atoms with van der Waals surface area (Å²) in [7, 11) is 0. The third kappa shape index (κ3) is 3.00. The maximum Gasteiger partial charge on any atom is 0.143 e. The van der Waals surface area contributed by atoms with Gasteiger partial charge >= 0.3 is 0 Å². The van der Waals surface area contributed by atoms with Gasteiger partial charge in [-0.05, 0) is 52.9 Å². The molecule has 2 aromatic carbocycles. The van der Waals surface area contributed by atoms with Crippen LogP contribution in [-0.2, 0) is 0 Å². The summed E-state index contributed by atoms with van der Waals surface area (Å²) < 4.78 is 6.87. The van der Waals surface area contributed by atoms with E-state index in [1.807, 2.05) is 12.1 Å². The Kier molecular flexibility index (Phi) is 4.29. The van der Waals surface area contributed by atoms with Crippen LogP contribution in [0.2, 0.25) is 10.0 Å². The molecule has 2 aromatic rings. The van der Waals surface area contributed by atoms with Crippen molar-refractivity contribution in [2.75, 3.05) is 11.9 Å². The van der Waals surface area contributed by atoms with E-state index in [4.69, 9.17) is 27.9 Å². The van der Waals surface area contributed by atoms with E-state index >= 15 is 0 Å². The molecule has 1 N–H and O–H groups in total. The van der Waals surface area contributed by atoms with Gasteiger partial charge in [0.05, 0.1) is 17.7 Å². The molecule has 1 heterocycles. The molecule has 20 heavy (non-hydrogen) atoms. The Morgan fingerprint density at radius 1 is 1.20 bits per heavy atom. The van der Waals surface area contributed by atoms with Crippen molar-refractivity contribution in [2.24, 2.45) is 0 Å². The minimum atomic E-state index is 0.160. The molecule has 3 rings (SSSR count). The molecule has 104 valence electrons. The first-order valence-corrected chi connectivity index (χ1v) is 8.11. The molecule has 0 saturated carbocycles. The number of ether oxygens (including phenoxy) is 1. The number of halogens is 3. The number of hydrogen-bond donors (Lipinski definition) is 1. The zero-order chi connectivity index (χ0) is 14.1. The maximum absolute atomic E-state index is 6.20. The SMILES string of the molecule is Clc1cc(Cl)c2c(c1)C(Nc1cccc(I)c1)CCO2. The van der Waals surface area contributed by atoms with Gasteiger partial charge in [-0.15, -0.1) is 0 Å². The van der Waals surface area contributed by atoms with Gasteiger partial charge in [0.2, 0.25) is 0 Å². The van der Waals surface area contributed by atoms with E-state index in [0.717, 1.165) is 23.4 Å². The largest absolute Gasteiger partial charge is 0.492 e. The number of benzene rings is 2. The Morgan fingerprint density at radius 2 is 2.05 bits per heavy atom. The van der Waals surface area contributed by atoms with E-state index < -0.39 is 0 Å². The molecule has 1 aliphatic heterocycles. The Balaban J connectivity index is 1.94. The monoisotopic (exact) mass is 419 g/mol. The first kappa shape index (κ1) is 14.3. The van der Waals surface area contributed by atoms with Crippen LogP contribution in [0.1, 0.15) is 18.0 Å². The molecule has 1 atom stereocenters. The summed E-state index contributed by atoms with van der Waals surface area (Å²) in [5.41, 5.74) is 2.11. The van der Waals surface area contributed by atoms with Crippen molar-refractivity contribution >= 4 is 51.5 Å². The van der Waals surface area contributed by atoms with E-state index in [-0.39, 0.29) is 6.04 Å². The van der Waals surface area contributed by atoms with Crippen molar-refractivity contribution in [1.82, 2.24) is 0 Å². The zero-order valence-corrected chi connectivity index (χ0v) is 14.2. The van der Waals surface area contributed by atoms with Crippen LogP contribution in [-0.4, -0.2) is 6.61 Å². The second-order valence-electron chi connectivity index (χ2n) is 4.65. The van der Waals surface area contributed by atoms with Gasteiger partial charge < -0.3 is 10.1 Å². The molecule has 1 unspecified atom stereocenters. The molecule has 0 spiro atoms. The summed E-state index contributed by atoms with van der Waals surface area (Å²) in [6.45, 7) is 0.649. The average molecular weight is 420 g/mol. The fraction of sp³-hybridized carbons (Fsp3) is 0.200. The van der Waals surface area contributed by atoms with Gasteiger partial charge in [-0.25, -0.2) is 0 Å². The predicted octanol–water partition coefficient (Wildman–Crippen LogP) is 5.53. The Morgan fingerprint density at radius 3 is 2.85 bits per heavy atom. The topological polar surface area (TPSA) is 21.3 Å². The van der Waals surface area contributed by atoms with Crippen molar-refractivity contribution in [3.05, 3.63) is 55.6 Å². The highest BCUT2D eigenvalue weighted by Gasteiger charge is 2.24. The van der Waals surface area contributed by atoms with E-state index in [9.17, 15) is 0 Å². The van der Waals surface area contributed by atoms with E-state index in [0.29, 0.717) is 16.7 Å². The fourth-order valence-corrected chi connectivity index (χ4v) is 3.46. The molecule has 0 saturated heterocycles. The van der Waals surface area contributed by atoms with Crippen molar-refractivity contribution < 1.29 is 4.74 Å². The highest BCUT2D eigenvalue weighted by molar-refractivity contribution is 14.1. The van der Waals surface area contributed by atoms with Gasteiger partial charge in [-0.2, -0.15) is 0 Å². The van der Waals surface area contributed by atoms with Crippen LogP contribution < -0.4 is 10.1 Å². The van der Waals surface area contributed by atoms with E-state index in [1.165, 1.54) is 3.57 Å². The lowest BCUT2D eigenvalue weighted by molar-refractivity contribution is 0.274. The second kappa shape index (κ2) is 6.00. The maximum atomic E-state index is 6.20. The molecule has 0 amide bonds. The number of hydrogen-bond acceptors (Lipinski definition) is 2. The number of nitrogens with one attached hydrogen (secondary N) is 1. The standard InChI is InChI=1S/C15H12Cl2INO/c16-9-6-12-14(4-5-20-15(12)13(17)7-9)19-11-3-1-2-10(18)8-11/h1-3,6-8,14,19H,4-5H2. The van der Waals surface area contributed by atoms with Crippen molar-refractivity contribution in [3.63, 3.8) is 0 Å². The zero-order valence-electron chi connectivity index (χ0n) is 10.5. The quantitative estimate of drug-likeness (QED) is 0.645. The van der Waals surface area contributed by atoms with E-state index in [2.05, 4.69) is 46.1 Å². The van der Waals surface area contributed by atoms with Crippen molar-refractivity contribution in [1.29, 1.82) is 0 Å². The van der Waals surface area contributed by atoms with Gasteiger partial charge in [0, 0.05) is 26.3 Å². The molecule has 0 fully saturated rings. The van der Waals surface area contributed by atoms with Gasteiger partial charge in [0.25, 0.3) is 0 Å². The van der Waals surface area contributed by atoms with Crippen molar-refractivity contribution in [3.8, 4) is 5.75 Å². The summed E-state index contributed by atoms with van der Waals surface area (Å²) in [6.07, 6.45) is 0.884. The molecule has 1 aliphatic rings. The fourth-order valence-electron chi connectivity index (χ4n) is 2.36. The van der Waals surface area contributed by atoms with Crippen LogP contribution >= 0.6 is 45.8 Å². The van der Waals surface area contributed by atoms with Gasteiger partial charge in [-0.3, -0.25) is 0 Å². The minimum absolute atomic E-state index is 0.160. The third-order valence-electron chi connectivity index (χ3n) is 3.23. The summed E-state index contributed by atoms with van der Waals surface area (Å²) >= 11 is 14.6. The number of rotatable bonds is 2. The summed E-state index contributed by atoms with van der Waals surface area (Å²) in [5, 5.41) is 4.73. The van der Waals surface area contributed by atoms with E-state index in [1.54, 1.807) is 6.07 Å². The normalized spacial score (nSPS) is 17.2. The second-order valence-corrected chi connectivity index (χ2v) is 6.74. The summed E-state index contributed by atoms with van der Waals surface area (Å²) in [6, 6.07) is 12.1. The highest BCUT2D eigenvalue weighted by Crippen LogP contribution is 2.41. The lowest BCUT2D eigenvalue weighted by Crippen LogP contribution is -2.20. The smallest absolute Gasteiger partial charge is 0.143 e. The van der Waals surface area contributed by atoms with Crippen LogP contribution in [0.15, 0.2) is 36.4 Å². The Hall–Kier alpha value is -0.650. The molecule has 0 bridgehead atoms. The lowest BCUT2D eigenvalue weighted by atomic mass is 10.00. The third-order valence-corrected chi connectivity index (χ3v) is 4.40. The molecular weight excluding hydrogens is 408 g/mol. The molecule has 0 aliphatic carbocycles. The molecule has 5 heteroatoms. The number of fused-ring (bicyclic) bond motifs is 1. The Labute approximate surface area is 141 Å². The lowest BCUT2D eigenvalue weighted by Gasteiger charge is -2.28. The summed E-state index contributed by atoms with van der Waals surface area (Å²) in [5.74, 6) is 0.741. The molecular formula is C15H12Cl2INO. The molecule has 0 radical (unpaired) electrons. The van der Waals surface area contributed by atoms with Crippen LogP contribution in [0.3, 0.4) is 0 Å². The van der Waals surface area contributed by atoms with Crippen LogP contribution in [0, 0.1) is 3.57 Å². The van der Waals surface area contributed by atoms with Crippen LogP contribution in [0.25, 0.3) is 0 Å². The Bertz CT molecular complexity index is 648. The first-order valence-electron chi connectivity index (χ1n) is 6.27. The predicted molar refractivity (Wildman–Crippen MR) is 92.1 cm³/mol. The van der Waals surface area contributed by atoms with Crippen LogP contribution in [0.5, 0.6) is 5.75 Å². The minimum Gasteiger partial charge on any atom is -0.492 e. The van der Waals surface area contributed by atoms with Gasteiger partial charge in [0.1, 0.15) is 5.75 Å². The summed E-state index contributed by atoms with van der Waals surface area (Å²) in [4.78, 5) is 0. The van der Waals surface area contributed by atoms with Gasteiger partial charge in [0.15, 0.2) is 0 Å². The first-order chi connectivity index (χ1) is 9.63. The number of anilines is 1. The van der Waals surface area contributed by atoms with Crippen molar-refractivity contribution in [2.45, 2.75) is 12.5 Å². The molecule has 0 aromatic heterocycles. The average Bonchev–Trinajstić information content (AvgIpc) is 2.40. The van der Waals surface area contributed by atoms with Gasteiger partial charge in [-0.1, -0.05) is 29.3 Å². The molecule has 2 nitrogen and oxygen atoms in total.